The lowest BCUT2D eigenvalue weighted by molar-refractivity contribution is -0.153. The Bertz CT molecular complexity index is 1150. The quantitative estimate of drug-likeness (QED) is 0.202. The van der Waals surface area contributed by atoms with Crippen LogP contribution in [-0.4, -0.2) is 53.3 Å². The second-order valence-electron chi connectivity index (χ2n) is 8.82. The van der Waals surface area contributed by atoms with Crippen LogP contribution in [0.15, 0.2) is 58.5 Å². The summed E-state index contributed by atoms with van der Waals surface area (Å²) < 4.78 is 37.1. The molecule has 0 aromatic heterocycles. The molecular weight excluding hydrogens is 458 g/mol. The minimum Gasteiger partial charge on any atom is -0.442 e. The van der Waals surface area contributed by atoms with Gasteiger partial charge in [0.15, 0.2) is 11.4 Å². The van der Waals surface area contributed by atoms with E-state index >= 15 is 0 Å². The highest BCUT2D eigenvalue weighted by Crippen LogP contribution is 2.44. The topological polar surface area (TPSA) is 118 Å². The molecule has 184 valence electrons. The van der Waals surface area contributed by atoms with E-state index < -0.39 is 33.2 Å². The SMILES string of the molecule is CC=CC1=CC2=CC3=C(C(=O)CCCCCCC)C(=O)OC3(C)C(=O)C2=CN1CCS(=O)(=O)O. The van der Waals surface area contributed by atoms with Crippen molar-refractivity contribution >= 4 is 27.7 Å². The molecule has 2 heterocycles. The maximum Gasteiger partial charge on any atom is 0.343 e. The third kappa shape index (κ3) is 5.31. The van der Waals surface area contributed by atoms with Crippen molar-refractivity contribution in [2.45, 2.75) is 64.9 Å². The highest BCUT2D eigenvalue weighted by molar-refractivity contribution is 7.85. The molecule has 0 spiro atoms. The van der Waals surface area contributed by atoms with Gasteiger partial charge in [-0.25, -0.2) is 4.79 Å². The zero-order chi connectivity index (χ0) is 25.1. The highest BCUT2D eigenvalue weighted by Gasteiger charge is 2.54. The third-order valence-electron chi connectivity index (χ3n) is 6.21. The van der Waals surface area contributed by atoms with E-state index in [1.54, 1.807) is 36.1 Å². The Balaban J connectivity index is 1.97. The summed E-state index contributed by atoms with van der Waals surface area (Å²) in [5, 5.41) is 0. The fraction of sp³-hybridized carbons (Fsp3) is 0.480. The maximum atomic E-state index is 13.4. The van der Waals surface area contributed by atoms with Gasteiger partial charge in [0.1, 0.15) is 5.57 Å². The molecule has 3 rings (SSSR count). The lowest BCUT2D eigenvalue weighted by atomic mass is 9.76. The van der Waals surface area contributed by atoms with Crippen LogP contribution >= 0.6 is 0 Å². The summed E-state index contributed by atoms with van der Waals surface area (Å²) in [6.07, 6.45) is 13.3. The minimum absolute atomic E-state index is 0.0623. The molecule has 1 atom stereocenters. The summed E-state index contributed by atoms with van der Waals surface area (Å²) in [4.78, 5) is 40.6. The normalized spacial score (nSPS) is 22.4. The number of unbranched alkanes of at least 4 members (excludes halogenated alkanes) is 4. The van der Waals surface area contributed by atoms with Gasteiger partial charge in [-0.15, -0.1) is 0 Å². The number of hydrogen-bond donors (Lipinski definition) is 1. The van der Waals surface area contributed by atoms with Gasteiger partial charge in [0, 0.05) is 36.0 Å². The van der Waals surface area contributed by atoms with Crippen LogP contribution < -0.4 is 0 Å². The number of rotatable bonds is 11. The van der Waals surface area contributed by atoms with Crippen molar-refractivity contribution < 1.29 is 32.1 Å². The van der Waals surface area contributed by atoms with Crippen LogP contribution in [0, 0.1) is 0 Å². The Morgan fingerprint density at radius 2 is 1.88 bits per heavy atom. The Labute approximate surface area is 200 Å². The van der Waals surface area contributed by atoms with Crippen LogP contribution in [0.4, 0.5) is 0 Å². The predicted octanol–water partition coefficient (Wildman–Crippen LogP) is 3.58. The van der Waals surface area contributed by atoms with Crippen LogP contribution in [0.1, 0.15) is 59.3 Å². The molecule has 9 heteroatoms. The van der Waals surface area contributed by atoms with E-state index in [0.717, 1.165) is 25.7 Å². The monoisotopic (exact) mass is 489 g/mol. The third-order valence-corrected chi connectivity index (χ3v) is 6.91. The summed E-state index contributed by atoms with van der Waals surface area (Å²) in [7, 11) is -4.20. The molecule has 2 aliphatic heterocycles. The zero-order valence-corrected chi connectivity index (χ0v) is 20.6. The largest absolute Gasteiger partial charge is 0.442 e. The average Bonchev–Trinajstić information content (AvgIpc) is 3.02. The van der Waals surface area contributed by atoms with E-state index in [2.05, 4.69) is 6.92 Å². The second-order valence-corrected chi connectivity index (χ2v) is 10.4. The summed E-state index contributed by atoms with van der Waals surface area (Å²) in [6, 6.07) is 0. The highest BCUT2D eigenvalue weighted by atomic mass is 32.2. The average molecular weight is 490 g/mol. The van der Waals surface area contributed by atoms with Crippen molar-refractivity contribution in [1.29, 1.82) is 0 Å². The van der Waals surface area contributed by atoms with Gasteiger partial charge < -0.3 is 9.64 Å². The fourth-order valence-corrected chi connectivity index (χ4v) is 4.79. The Kier molecular flexibility index (Phi) is 7.77. The molecule has 0 aromatic rings. The number of esters is 1. The van der Waals surface area contributed by atoms with Crippen LogP contribution in [0.2, 0.25) is 0 Å². The summed E-state index contributed by atoms with van der Waals surface area (Å²) in [6.45, 7) is 5.31. The minimum atomic E-state index is -4.20. The van der Waals surface area contributed by atoms with Crippen LogP contribution in [0.5, 0.6) is 0 Å². The number of carbonyl (C=O) groups excluding carboxylic acids is 3. The Hall–Kier alpha value is -2.78. The van der Waals surface area contributed by atoms with Gasteiger partial charge in [-0.05, 0) is 44.1 Å². The number of Topliss-reactive ketones (excluding diaryl/α,β-unsaturated/α-hetero) is 2. The number of ketones is 2. The smallest absolute Gasteiger partial charge is 0.343 e. The summed E-state index contributed by atoms with van der Waals surface area (Å²) in [5.74, 6) is -2.11. The Morgan fingerprint density at radius 3 is 2.53 bits per heavy atom. The standard InChI is InChI=1S/C25H31NO7S/c1-4-6-7-8-9-11-21(27)22-20-15-17-14-18(10-5-2)26(12-13-34(30,31)32)16-19(17)23(28)25(20,3)33-24(22)29/h5,10,14-16H,4,6-9,11-13H2,1-3H3,(H,30,31,32). The molecule has 0 aromatic carbocycles. The van der Waals surface area contributed by atoms with Gasteiger partial charge in [-0.2, -0.15) is 8.42 Å². The van der Waals surface area contributed by atoms with E-state index in [1.165, 1.54) is 13.1 Å². The van der Waals surface area contributed by atoms with Crippen molar-refractivity contribution in [3.05, 3.63) is 58.5 Å². The first kappa shape index (κ1) is 25.8. The van der Waals surface area contributed by atoms with Gasteiger partial charge in [0.25, 0.3) is 10.1 Å². The van der Waals surface area contributed by atoms with Crippen molar-refractivity contribution in [2.24, 2.45) is 0 Å². The van der Waals surface area contributed by atoms with Gasteiger partial charge in [0.05, 0.1) is 5.75 Å². The molecular formula is C25H31NO7S. The molecule has 0 saturated heterocycles. The van der Waals surface area contributed by atoms with Gasteiger partial charge >= 0.3 is 5.97 Å². The molecule has 0 saturated carbocycles. The maximum absolute atomic E-state index is 13.4. The first-order valence-electron chi connectivity index (χ1n) is 11.6. The molecule has 0 amide bonds. The molecule has 34 heavy (non-hydrogen) atoms. The van der Waals surface area contributed by atoms with Crippen molar-refractivity contribution in [3.8, 4) is 0 Å². The lowest BCUT2D eigenvalue weighted by Crippen LogP contribution is -2.43. The van der Waals surface area contributed by atoms with Crippen LogP contribution in [0.25, 0.3) is 0 Å². The fourth-order valence-electron chi connectivity index (χ4n) is 4.37. The first-order chi connectivity index (χ1) is 16.0. The number of allylic oxidation sites excluding steroid dienone is 4. The molecule has 1 unspecified atom stereocenters. The lowest BCUT2D eigenvalue weighted by Gasteiger charge is -2.34. The predicted molar refractivity (Wildman–Crippen MR) is 127 cm³/mol. The molecule has 1 N–H and O–H groups in total. The van der Waals surface area contributed by atoms with E-state index in [9.17, 15) is 22.8 Å². The van der Waals surface area contributed by atoms with Crippen molar-refractivity contribution in [2.75, 3.05) is 12.3 Å². The van der Waals surface area contributed by atoms with Gasteiger partial charge in [0.2, 0.25) is 5.78 Å². The van der Waals surface area contributed by atoms with Crippen molar-refractivity contribution in [1.82, 2.24) is 4.90 Å². The van der Waals surface area contributed by atoms with Crippen LogP contribution in [0.3, 0.4) is 0 Å². The zero-order valence-electron chi connectivity index (χ0n) is 19.8. The van der Waals surface area contributed by atoms with Gasteiger partial charge in [-0.3, -0.25) is 14.1 Å². The van der Waals surface area contributed by atoms with Crippen LogP contribution in [-0.2, 0) is 29.2 Å². The molecule has 0 fully saturated rings. The first-order valence-corrected chi connectivity index (χ1v) is 13.2. The van der Waals surface area contributed by atoms with Crippen molar-refractivity contribution in [3.63, 3.8) is 0 Å². The number of ether oxygens (including phenoxy) is 1. The molecule has 0 bridgehead atoms. The van der Waals surface area contributed by atoms with E-state index in [1.807, 2.05) is 0 Å². The van der Waals surface area contributed by atoms with E-state index in [4.69, 9.17) is 9.29 Å². The Morgan fingerprint density at radius 1 is 1.18 bits per heavy atom. The molecule has 3 aliphatic rings. The summed E-state index contributed by atoms with van der Waals surface area (Å²) >= 11 is 0. The van der Waals surface area contributed by atoms with Gasteiger partial charge in [-0.1, -0.05) is 38.7 Å². The number of hydrogen-bond acceptors (Lipinski definition) is 7. The molecule has 0 radical (unpaired) electrons. The number of carbonyl (C=O) groups is 3. The molecule has 1 aliphatic carbocycles. The number of fused-ring (bicyclic) bond motifs is 2. The number of nitrogens with zero attached hydrogens (tertiary/aromatic N) is 1. The van der Waals surface area contributed by atoms with E-state index in [-0.39, 0.29) is 35.5 Å². The second kappa shape index (κ2) is 10.2. The van der Waals surface area contributed by atoms with E-state index in [0.29, 0.717) is 17.7 Å². The summed E-state index contributed by atoms with van der Waals surface area (Å²) in [5.41, 5.74) is -0.0352. The molecule has 8 nitrogen and oxygen atoms in total.